The minimum absolute atomic E-state index is 0.855. The van der Waals surface area contributed by atoms with Crippen molar-refractivity contribution in [2.45, 2.75) is 0 Å². The summed E-state index contributed by atoms with van der Waals surface area (Å²) in [5, 5.41) is 2.21. The van der Waals surface area contributed by atoms with Crippen molar-refractivity contribution in [3.63, 3.8) is 0 Å². The van der Waals surface area contributed by atoms with Crippen molar-refractivity contribution in [1.82, 2.24) is 19.9 Å². The van der Waals surface area contributed by atoms with Crippen LogP contribution in [0.4, 0.5) is 0 Å². The number of para-hydroxylation sites is 2. The van der Waals surface area contributed by atoms with Gasteiger partial charge >= 0.3 is 0 Å². The van der Waals surface area contributed by atoms with E-state index in [-0.39, 0.29) is 0 Å². The molecule has 0 spiro atoms. The maximum Gasteiger partial charge on any atom is 0.0972 e. The zero-order chi connectivity index (χ0) is 19.9. The first-order chi connectivity index (χ1) is 14.8. The Morgan fingerprint density at radius 1 is 0.500 bits per heavy atom. The maximum absolute atomic E-state index is 5.01. The van der Waals surface area contributed by atoms with Crippen molar-refractivity contribution in [2.75, 3.05) is 0 Å². The van der Waals surface area contributed by atoms with Crippen LogP contribution < -0.4 is 0 Å². The van der Waals surface area contributed by atoms with Crippen LogP contribution in [0.25, 0.3) is 55.4 Å². The van der Waals surface area contributed by atoms with Crippen LogP contribution in [-0.2, 0) is 0 Å². The molecular weight excluding hydrogens is 368 g/mol. The molecule has 0 aliphatic carbocycles. The predicted molar refractivity (Wildman–Crippen MR) is 121 cm³/mol. The topological polar surface area (TPSA) is 51.6 Å². The van der Waals surface area contributed by atoms with Crippen LogP contribution in [0, 0.1) is 0 Å². The third kappa shape index (κ3) is 2.78. The molecule has 0 bridgehead atoms. The minimum Gasteiger partial charge on any atom is -0.253 e. The van der Waals surface area contributed by atoms with Gasteiger partial charge in [0.1, 0.15) is 0 Å². The molecule has 140 valence electrons. The number of hydrogen-bond donors (Lipinski definition) is 0. The zero-order valence-electron chi connectivity index (χ0n) is 16.0. The average molecular weight is 384 g/mol. The SMILES string of the molecule is c1ccc2nc(-c3nc4ccccc4cc3-c3ccc4nccnc4c3)ccc2c1. The number of nitrogens with zero attached hydrogens (tertiary/aromatic N) is 4. The molecule has 3 aromatic carbocycles. The quantitative estimate of drug-likeness (QED) is 0.364. The Labute approximate surface area is 172 Å². The number of benzene rings is 3. The molecule has 0 radical (unpaired) electrons. The van der Waals surface area contributed by atoms with Gasteiger partial charge in [-0.1, -0.05) is 48.5 Å². The summed E-state index contributed by atoms with van der Waals surface area (Å²) in [4.78, 5) is 18.8. The molecule has 3 heterocycles. The zero-order valence-corrected chi connectivity index (χ0v) is 16.0. The fraction of sp³-hybridized carbons (Fsp3) is 0. The monoisotopic (exact) mass is 384 g/mol. The second kappa shape index (κ2) is 6.71. The van der Waals surface area contributed by atoms with Gasteiger partial charge in [0.05, 0.1) is 33.5 Å². The molecule has 30 heavy (non-hydrogen) atoms. The second-order valence-corrected chi connectivity index (χ2v) is 7.23. The van der Waals surface area contributed by atoms with E-state index in [1.54, 1.807) is 12.4 Å². The van der Waals surface area contributed by atoms with Crippen LogP contribution in [0.1, 0.15) is 0 Å². The molecule has 4 heteroatoms. The van der Waals surface area contributed by atoms with Crippen molar-refractivity contribution < 1.29 is 0 Å². The Morgan fingerprint density at radius 3 is 2.10 bits per heavy atom. The van der Waals surface area contributed by atoms with Gasteiger partial charge in [-0.25, -0.2) is 9.97 Å². The second-order valence-electron chi connectivity index (χ2n) is 7.23. The van der Waals surface area contributed by atoms with Crippen LogP contribution in [0.5, 0.6) is 0 Å². The molecule has 6 aromatic rings. The first kappa shape index (κ1) is 16.7. The van der Waals surface area contributed by atoms with Crippen molar-refractivity contribution in [3.8, 4) is 22.5 Å². The Morgan fingerprint density at radius 2 is 1.23 bits per heavy atom. The first-order valence-electron chi connectivity index (χ1n) is 9.82. The van der Waals surface area contributed by atoms with Crippen LogP contribution >= 0.6 is 0 Å². The standard InChI is InChI=1S/C26H16N4/c1-3-7-21-17(5-1)9-12-24(29-21)26-20(15-19-6-2-4-8-22(19)30-26)18-10-11-23-25(16-18)28-14-13-27-23/h1-16H. The largest absolute Gasteiger partial charge is 0.253 e. The summed E-state index contributed by atoms with van der Waals surface area (Å²) < 4.78 is 0. The van der Waals surface area contributed by atoms with E-state index in [0.717, 1.165) is 55.4 Å². The smallest absolute Gasteiger partial charge is 0.0972 e. The van der Waals surface area contributed by atoms with E-state index in [4.69, 9.17) is 9.97 Å². The van der Waals surface area contributed by atoms with E-state index in [0.29, 0.717) is 0 Å². The highest BCUT2D eigenvalue weighted by molar-refractivity contribution is 5.94. The van der Waals surface area contributed by atoms with Gasteiger partial charge in [0, 0.05) is 28.7 Å². The molecule has 0 fully saturated rings. The number of aromatic nitrogens is 4. The summed E-state index contributed by atoms with van der Waals surface area (Å²) in [5.74, 6) is 0. The van der Waals surface area contributed by atoms with Crippen molar-refractivity contribution >= 4 is 32.8 Å². The summed E-state index contributed by atoms with van der Waals surface area (Å²) in [6.45, 7) is 0. The fourth-order valence-electron chi connectivity index (χ4n) is 3.86. The number of rotatable bonds is 2. The van der Waals surface area contributed by atoms with E-state index in [2.05, 4.69) is 46.4 Å². The van der Waals surface area contributed by atoms with Gasteiger partial charge in [-0.05, 0) is 42.0 Å². The lowest BCUT2D eigenvalue weighted by Crippen LogP contribution is -1.94. The van der Waals surface area contributed by atoms with E-state index >= 15 is 0 Å². The number of pyridine rings is 2. The van der Waals surface area contributed by atoms with Crippen LogP contribution in [0.15, 0.2) is 97.3 Å². The molecule has 0 atom stereocenters. The number of fused-ring (bicyclic) bond motifs is 3. The van der Waals surface area contributed by atoms with Crippen molar-refractivity contribution in [2.24, 2.45) is 0 Å². The predicted octanol–water partition coefficient (Wildman–Crippen LogP) is 6.06. The first-order valence-corrected chi connectivity index (χ1v) is 9.82. The summed E-state index contributed by atoms with van der Waals surface area (Å²) >= 11 is 0. The highest BCUT2D eigenvalue weighted by Crippen LogP contribution is 2.34. The molecule has 0 aliphatic heterocycles. The molecule has 3 aromatic heterocycles. The van der Waals surface area contributed by atoms with E-state index in [1.165, 1.54) is 0 Å². The van der Waals surface area contributed by atoms with Crippen LogP contribution in [-0.4, -0.2) is 19.9 Å². The van der Waals surface area contributed by atoms with Gasteiger partial charge in [0.2, 0.25) is 0 Å². The average Bonchev–Trinajstić information content (AvgIpc) is 2.82. The summed E-state index contributed by atoms with van der Waals surface area (Å²) in [6.07, 6.45) is 3.43. The van der Waals surface area contributed by atoms with Crippen molar-refractivity contribution in [3.05, 3.63) is 97.3 Å². The lowest BCUT2D eigenvalue weighted by atomic mass is 9.98. The normalized spacial score (nSPS) is 11.3. The Bertz CT molecular complexity index is 1440. The molecule has 0 unspecified atom stereocenters. The lowest BCUT2D eigenvalue weighted by molar-refractivity contribution is 1.29. The molecule has 0 N–H and O–H groups in total. The van der Waals surface area contributed by atoms with E-state index < -0.39 is 0 Å². The molecular formula is C26H16N4. The van der Waals surface area contributed by atoms with Gasteiger partial charge in [-0.2, -0.15) is 0 Å². The van der Waals surface area contributed by atoms with Gasteiger partial charge in [-0.3, -0.25) is 9.97 Å². The number of hydrogen-bond acceptors (Lipinski definition) is 4. The van der Waals surface area contributed by atoms with Crippen LogP contribution in [0.2, 0.25) is 0 Å². The highest BCUT2D eigenvalue weighted by Gasteiger charge is 2.14. The van der Waals surface area contributed by atoms with Gasteiger partial charge in [0.15, 0.2) is 0 Å². The summed E-state index contributed by atoms with van der Waals surface area (Å²) in [6, 6.07) is 28.8. The molecule has 0 amide bonds. The van der Waals surface area contributed by atoms with Gasteiger partial charge in [-0.15, -0.1) is 0 Å². The minimum atomic E-state index is 0.855. The third-order valence-corrected chi connectivity index (χ3v) is 5.35. The molecule has 0 aliphatic rings. The third-order valence-electron chi connectivity index (χ3n) is 5.35. The molecule has 0 saturated carbocycles. The van der Waals surface area contributed by atoms with Crippen molar-refractivity contribution in [1.29, 1.82) is 0 Å². The molecule has 6 rings (SSSR count). The summed E-state index contributed by atoms with van der Waals surface area (Å²) in [7, 11) is 0. The highest BCUT2D eigenvalue weighted by atomic mass is 14.8. The lowest BCUT2D eigenvalue weighted by Gasteiger charge is -2.12. The van der Waals surface area contributed by atoms with E-state index in [9.17, 15) is 0 Å². The Balaban J connectivity index is 1.64. The molecule has 0 saturated heterocycles. The maximum atomic E-state index is 5.01. The van der Waals surface area contributed by atoms with E-state index in [1.807, 2.05) is 48.5 Å². The van der Waals surface area contributed by atoms with Gasteiger partial charge < -0.3 is 0 Å². The molecule has 4 nitrogen and oxygen atoms in total. The Kier molecular flexibility index (Phi) is 3.74. The summed E-state index contributed by atoms with van der Waals surface area (Å²) in [5.41, 5.74) is 7.44. The van der Waals surface area contributed by atoms with Crippen LogP contribution in [0.3, 0.4) is 0 Å². The fourth-order valence-corrected chi connectivity index (χ4v) is 3.86. The Hall–Kier alpha value is -4.18. The van der Waals surface area contributed by atoms with Gasteiger partial charge in [0.25, 0.3) is 0 Å².